The first-order chi connectivity index (χ1) is 12.1. The Kier molecular flexibility index (Phi) is 3.50. The number of nitrogens with zero attached hydrogens (tertiary/aromatic N) is 1. The van der Waals surface area contributed by atoms with Gasteiger partial charge in [-0.2, -0.15) is 0 Å². The average Bonchev–Trinajstić information content (AvgIpc) is 2.92. The van der Waals surface area contributed by atoms with Gasteiger partial charge in [-0.05, 0) is 36.4 Å². The van der Waals surface area contributed by atoms with Crippen molar-refractivity contribution >= 4 is 27.7 Å². The van der Waals surface area contributed by atoms with Crippen LogP contribution in [0, 0.1) is 17.7 Å². The molecule has 1 heterocycles. The fourth-order valence-electron chi connectivity index (χ4n) is 3.23. The van der Waals surface area contributed by atoms with Gasteiger partial charge < -0.3 is 10.3 Å². The standard InChI is InChI=1S/C20H13F2N2O/c21-15-7-4-8-16(22)14(15)11-24-17-9-2-1-5-12(17)19-13(20(23)25)6-3-10-18(19)24/h1-4,6-10H,11H2,(H2,23,25). The van der Waals surface area contributed by atoms with Crippen LogP contribution in [-0.4, -0.2) is 10.5 Å². The summed E-state index contributed by atoms with van der Waals surface area (Å²) in [6, 6.07) is 17.4. The number of rotatable bonds is 3. The Bertz CT molecular complexity index is 1110. The van der Waals surface area contributed by atoms with E-state index in [2.05, 4.69) is 6.07 Å². The number of nitrogens with two attached hydrogens (primary N) is 1. The second-order valence-corrected chi connectivity index (χ2v) is 5.78. The van der Waals surface area contributed by atoms with Crippen LogP contribution in [0.4, 0.5) is 8.78 Å². The monoisotopic (exact) mass is 335 g/mol. The molecule has 0 unspecified atom stereocenters. The lowest BCUT2D eigenvalue weighted by Gasteiger charge is -2.10. The molecule has 0 atom stereocenters. The smallest absolute Gasteiger partial charge is 0.249 e. The van der Waals surface area contributed by atoms with Crippen molar-refractivity contribution in [2.75, 3.05) is 0 Å². The quantitative estimate of drug-likeness (QED) is 0.604. The van der Waals surface area contributed by atoms with E-state index < -0.39 is 17.5 Å². The molecule has 0 aliphatic carbocycles. The van der Waals surface area contributed by atoms with Crippen molar-refractivity contribution in [3.8, 4) is 0 Å². The third kappa shape index (κ3) is 2.36. The van der Waals surface area contributed by atoms with Gasteiger partial charge in [0.15, 0.2) is 0 Å². The SMILES string of the molecule is NC(=O)c1cccc2c1c1[c]cccc1n2Cc1c(F)cccc1F. The number of fused-ring (bicyclic) bond motifs is 3. The zero-order chi connectivity index (χ0) is 17.6. The molecule has 0 saturated carbocycles. The average molecular weight is 335 g/mol. The number of hydrogen-bond donors (Lipinski definition) is 1. The van der Waals surface area contributed by atoms with Gasteiger partial charge in [-0.15, -0.1) is 0 Å². The molecular formula is C20H13F2N2O. The lowest BCUT2D eigenvalue weighted by molar-refractivity contribution is 0.100. The highest BCUT2D eigenvalue weighted by Gasteiger charge is 2.18. The van der Waals surface area contributed by atoms with Crippen LogP contribution < -0.4 is 5.73 Å². The number of aromatic nitrogens is 1. The number of carbonyl (C=O) groups is 1. The molecule has 3 nitrogen and oxygen atoms in total. The molecule has 0 aliphatic heterocycles. The second-order valence-electron chi connectivity index (χ2n) is 5.78. The Morgan fingerprint density at radius 3 is 2.40 bits per heavy atom. The minimum absolute atomic E-state index is 0.00141. The van der Waals surface area contributed by atoms with E-state index in [1.807, 2.05) is 6.07 Å². The van der Waals surface area contributed by atoms with E-state index in [1.165, 1.54) is 18.2 Å². The Balaban J connectivity index is 2.06. The van der Waals surface area contributed by atoms with Crippen molar-refractivity contribution in [1.82, 2.24) is 4.57 Å². The Morgan fingerprint density at radius 1 is 1.00 bits per heavy atom. The van der Waals surface area contributed by atoms with Crippen LogP contribution in [0.25, 0.3) is 21.8 Å². The predicted octanol–water partition coefficient (Wildman–Crippen LogP) is 4.02. The number of halogens is 2. The van der Waals surface area contributed by atoms with E-state index in [-0.39, 0.29) is 12.1 Å². The second kappa shape index (κ2) is 5.70. The number of benzene rings is 3. The molecule has 1 aromatic heterocycles. The largest absolute Gasteiger partial charge is 0.366 e. The minimum Gasteiger partial charge on any atom is -0.366 e. The van der Waals surface area contributed by atoms with E-state index >= 15 is 0 Å². The number of carbonyl (C=O) groups excluding carboxylic acids is 1. The minimum atomic E-state index is -0.610. The maximum Gasteiger partial charge on any atom is 0.249 e. The maximum absolute atomic E-state index is 14.1. The first-order valence-corrected chi connectivity index (χ1v) is 7.72. The van der Waals surface area contributed by atoms with Gasteiger partial charge in [-0.1, -0.05) is 24.3 Å². The third-order valence-corrected chi connectivity index (χ3v) is 4.35. The zero-order valence-electron chi connectivity index (χ0n) is 13.1. The molecule has 0 aliphatic rings. The van der Waals surface area contributed by atoms with Gasteiger partial charge in [0.05, 0.1) is 17.6 Å². The van der Waals surface area contributed by atoms with Crippen molar-refractivity contribution in [3.63, 3.8) is 0 Å². The van der Waals surface area contributed by atoms with Crippen LogP contribution in [0.3, 0.4) is 0 Å². The molecule has 1 amide bonds. The van der Waals surface area contributed by atoms with Crippen LogP contribution in [0.5, 0.6) is 0 Å². The molecule has 1 radical (unpaired) electrons. The van der Waals surface area contributed by atoms with Gasteiger partial charge in [-0.3, -0.25) is 4.79 Å². The normalized spacial score (nSPS) is 11.3. The van der Waals surface area contributed by atoms with E-state index in [0.717, 1.165) is 5.52 Å². The summed E-state index contributed by atoms with van der Waals surface area (Å²) in [7, 11) is 0. The molecule has 0 spiro atoms. The van der Waals surface area contributed by atoms with Gasteiger partial charge in [0.2, 0.25) is 5.91 Å². The van der Waals surface area contributed by atoms with Gasteiger partial charge in [0.25, 0.3) is 0 Å². The van der Waals surface area contributed by atoms with E-state index in [1.54, 1.807) is 34.9 Å². The van der Waals surface area contributed by atoms with Gasteiger partial charge in [0, 0.05) is 21.9 Å². The van der Waals surface area contributed by atoms with Gasteiger partial charge >= 0.3 is 0 Å². The lowest BCUT2D eigenvalue weighted by atomic mass is 10.1. The van der Waals surface area contributed by atoms with Crippen LogP contribution in [0.15, 0.2) is 54.6 Å². The molecule has 5 heteroatoms. The van der Waals surface area contributed by atoms with Crippen LogP contribution in [-0.2, 0) is 6.54 Å². The highest BCUT2D eigenvalue weighted by Crippen LogP contribution is 2.32. The molecule has 2 N–H and O–H groups in total. The Labute approximate surface area is 142 Å². The first kappa shape index (κ1) is 15.3. The Hall–Kier alpha value is -3.21. The Morgan fingerprint density at radius 2 is 1.68 bits per heavy atom. The first-order valence-electron chi connectivity index (χ1n) is 7.72. The summed E-state index contributed by atoms with van der Waals surface area (Å²) in [5.74, 6) is -1.78. The van der Waals surface area contributed by atoms with Crippen molar-refractivity contribution in [2.24, 2.45) is 5.73 Å². The highest BCUT2D eigenvalue weighted by atomic mass is 19.1. The summed E-state index contributed by atoms with van der Waals surface area (Å²) < 4.78 is 30.0. The molecular weight excluding hydrogens is 322 g/mol. The zero-order valence-corrected chi connectivity index (χ0v) is 13.1. The molecule has 123 valence electrons. The summed E-state index contributed by atoms with van der Waals surface area (Å²) in [6.07, 6.45) is 0. The number of amides is 1. The van der Waals surface area contributed by atoms with Crippen molar-refractivity contribution < 1.29 is 13.6 Å². The molecule has 4 aromatic rings. The lowest BCUT2D eigenvalue weighted by Crippen LogP contribution is -2.11. The van der Waals surface area contributed by atoms with Crippen LogP contribution >= 0.6 is 0 Å². The van der Waals surface area contributed by atoms with Gasteiger partial charge in [0.1, 0.15) is 11.6 Å². The number of primary amides is 1. The molecule has 4 rings (SSSR count). The third-order valence-electron chi connectivity index (χ3n) is 4.35. The van der Waals surface area contributed by atoms with E-state index in [0.29, 0.717) is 21.9 Å². The molecule has 0 bridgehead atoms. The molecule has 3 aromatic carbocycles. The fraction of sp³-hybridized carbons (Fsp3) is 0.0500. The summed E-state index contributed by atoms with van der Waals surface area (Å²) in [5, 5.41) is 1.34. The molecule has 0 saturated heterocycles. The summed E-state index contributed by atoms with van der Waals surface area (Å²) >= 11 is 0. The topological polar surface area (TPSA) is 48.0 Å². The van der Waals surface area contributed by atoms with E-state index in [9.17, 15) is 13.6 Å². The predicted molar refractivity (Wildman–Crippen MR) is 92.3 cm³/mol. The van der Waals surface area contributed by atoms with Crippen molar-refractivity contribution in [2.45, 2.75) is 6.54 Å². The van der Waals surface area contributed by atoms with Crippen LogP contribution in [0.1, 0.15) is 15.9 Å². The summed E-state index contributed by atoms with van der Waals surface area (Å²) in [4.78, 5) is 11.8. The highest BCUT2D eigenvalue weighted by molar-refractivity contribution is 6.17. The fourth-order valence-corrected chi connectivity index (χ4v) is 3.23. The van der Waals surface area contributed by atoms with Crippen LogP contribution in [0.2, 0.25) is 0 Å². The van der Waals surface area contributed by atoms with Crippen molar-refractivity contribution in [1.29, 1.82) is 0 Å². The summed E-state index contributed by atoms with van der Waals surface area (Å²) in [5.41, 5.74) is 7.23. The van der Waals surface area contributed by atoms with Gasteiger partial charge in [-0.25, -0.2) is 8.78 Å². The van der Waals surface area contributed by atoms with Crippen molar-refractivity contribution in [3.05, 3.63) is 83.4 Å². The number of hydrogen-bond acceptors (Lipinski definition) is 1. The van der Waals surface area contributed by atoms with E-state index in [4.69, 9.17) is 5.73 Å². The summed E-state index contributed by atoms with van der Waals surface area (Å²) in [6.45, 7) is -0.00141. The molecule has 0 fully saturated rings. The maximum atomic E-state index is 14.1. The molecule has 25 heavy (non-hydrogen) atoms.